The zero-order chi connectivity index (χ0) is 14.1. The average Bonchev–Trinajstić information content (AvgIpc) is 3.19. The molecule has 3 rings (SSSR count). The van der Waals surface area contributed by atoms with Crippen molar-refractivity contribution in [2.24, 2.45) is 11.8 Å². The molecule has 3 heteroatoms. The van der Waals surface area contributed by atoms with E-state index < -0.39 is 5.97 Å². The Bertz CT molecular complexity index is 650. The third-order valence-corrected chi connectivity index (χ3v) is 4.04. The van der Waals surface area contributed by atoms with Gasteiger partial charge in [0.2, 0.25) is 0 Å². The van der Waals surface area contributed by atoms with E-state index in [-0.39, 0.29) is 5.92 Å². The number of fused-ring (bicyclic) bond motifs is 1. The topological polar surface area (TPSA) is 49.3 Å². The third kappa shape index (κ3) is 2.83. The van der Waals surface area contributed by atoms with Gasteiger partial charge in [0.15, 0.2) is 0 Å². The molecule has 2 aromatic rings. The molecule has 2 N–H and O–H groups in total. The summed E-state index contributed by atoms with van der Waals surface area (Å²) in [5.41, 5.74) is 2.52. The number of aliphatic carboxylic acids is 1. The molecule has 2 unspecified atom stereocenters. The van der Waals surface area contributed by atoms with E-state index in [9.17, 15) is 4.79 Å². The maximum Gasteiger partial charge on any atom is 0.306 e. The van der Waals surface area contributed by atoms with E-state index in [2.05, 4.69) is 48.6 Å². The largest absolute Gasteiger partial charge is 0.481 e. The Hall–Kier alpha value is -1.87. The van der Waals surface area contributed by atoms with Crippen molar-refractivity contribution in [2.75, 3.05) is 6.54 Å². The van der Waals surface area contributed by atoms with E-state index in [1.54, 1.807) is 0 Å². The molecule has 104 valence electrons. The number of carbonyl (C=O) groups is 1. The van der Waals surface area contributed by atoms with Gasteiger partial charge in [0, 0.05) is 6.54 Å². The first-order valence-corrected chi connectivity index (χ1v) is 7.06. The molecular weight excluding hydrogens is 250 g/mol. The molecule has 20 heavy (non-hydrogen) atoms. The fourth-order valence-corrected chi connectivity index (χ4v) is 2.70. The predicted molar refractivity (Wildman–Crippen MR) is 79.6 cm³/mol. The molecule has 0 heterocycles. The van der Waals surface area contributed by atoms with Gasteiger partial charge in [-0.15, -0.1) is 0 Å². The minimum Gasteiger partial charge on any atom is -0.481 e. The van der Waals surface area contributed by atoms with E-state index in [1.165, 1.54) is 21.9 Å². The van der Waals surface area contributed by atoms with Crippen LogP contribution in [0.4, 0.5) is 0 Å². The van der Waals surface area contributed by atoms with Crippen LogP contribution in [0.1, 0.15) is 17.5 Å². The molecule has 2 atom stereocenters. The van der Waals surface area contributed by atoms with Crippen LogP contribution in [0.25, 0.3) is 10.8 Å². The smallest absolute Gasteiger partial charge is 0.306 e. The summed E-state index contributed by atoms with van der Waals surface area (Å²) >= 11 is 0. The van der Waals surface area contributed by atoms with Crippen LogP contribution in [-0.4, -0.2) is 17.6 Å². The van der Waals surface area contributed by atoms with Gasteiger partial charge in [-0.3, -0.25) is 4.79 Å². The summed E-state index contributed by atoms with van der Waals surface area (Å²) in [7, 11) is 0. The zero-order valence-electron chi connectivity index (χ0n) is 11.6. The third-order valence-electron chi connectivity index (χ3n) is 4.04. The van der Waals surface area contributed by atoms with Crippen molar-refractivity contribution in [3.63, 3.8) is 0 Å². The monoisotopic (exact) mass is 269 g/mol. The van der Waals surface area contributed by atoms with Gasteiger partial charge in [0.1, 0.15) is 0 Å². The number of benzene rings is 2. The number of hydrogen-bond acceptors (Lipinski definition) is 2. The normalized spacial score (nSPS) is 21.1. The van der Waals surface area contributed by atoms with Gasteiger partial charge in [-0.25, -0.2) is 0 Å². The lowest BCUT2D eigenvalue weighted by Gasteiger charge is -2.06. The number of aryl methyl sites for hydroxylation is 1. The number of nitrogens with one attached hydrogen (secondary N) is 1. The molecule has 0 saturated heterocycles. The van der Waals surface area contributed by atoms with Gasteiger partial charge < -0.3 is 10.4 Å². The van der Waals surface area contributed by atoms with Crippen LogP contribution in [0, 0.1) is 18.8 Å². The van der Waals surface area contributed by atoms with Crippen LogP contribution in [0.2, 0.25) is 0 Å². The van der Waals surface area contributed by atoms with Gasteiger partial charge in [-0.1, -0.05) is 35.9 Å². The molecule has 0 amide bonds. The van der Waals surface area contributed by atoms with E-state index >= 15 is 0 Å². The lowest BCUT2D eigenvalue weighted by atomic mass is 10.0. The summed E-state index contributed by atoms with van der Waals surface area (Å²) in [5, 5.41) is 14.7. The van der Waals surface area contributed by atoms with Crippen LogP contribution < -0.4 is 5.32 Å². The average molecular weight is 269 g/mol. The number of carboxylic acid groups (broad SMARTS) is 1. The Kier molecular flexibility index (Phi) is 3.45. The molecule has 1 fully saturated rings. The van der Waals surface area contributed by atoms with Gasteiger partial charge in [0.05, 0.1) is 5.92 Å². The van der Waals surface area contributed by atoms with Crippen molar-refractivity contribution in [3.8, 4) is 0 Å². The SMILES string of the molecule is Cc1ccc2cc(CNCC3CC3C(=O)O)ccc2c1. The maximum atomic E-state index is 10.8. The van der Waals surface area contributed by atoms with E-state index in [4.69, 9.17) is 5.11 Å². The summed E-state index contributed by atoms with van der Waals surface area (Å²) in [6, 6.07) is 12.9. The lowest BCUT2D eigenvalue weighted by Crippen LogP contribution is -2.18. The Morgan fingerprint density at radius 2 is 2.00 bits per heavy atom. The molecule has 1 aliphatic rings. The first-order chi connectivity index (χ1) is 9.63. The summed E-state index contributed by atoms with van der Waals surface area (Å²) < 4.78 is 0. The van der Waals surface area contributed by atoms with Gasteiger partial charge >= 0.3 is 5.97 Å². The molecule has 3 nitrogen and oxygen atoms in total. The highest BCUT2D eigenvalue weighted by molar-refractivity contribution is 5.83. The van der Waals surface area contributed by atoms with Crippen molar-refractivity contribution in [2.45, 2.75) is 19.9 Å². The second-order valence-corrected chi connectivity index (χ2v) is 5.76. The van der Waals surface area contributed by atoms with Crippen LogP contribution in [-0.2, 0) is 11.3 Å². The van der Waals surface area contributed by atoms with Crippen molar-refractivity contribution in [1.29, 1.82) is 0 Å². The van der Waals surface area contributed by atoms with E-state index in [0.717, 1.165) is 19.5 Å². The van der Waals surface area contributed by atoms with Gasteiger partial charge in [0.25, 0.3) is 0 Å². The lowest BCUT2D eigenvalue weighted by molar-refractivity contribution is -0.138. The predicted octanol–water partition coefficient (Wildman–Crippen LogP) is 2.96. The van der Waals surface area contributed by atoms with Crippen molar-refractivity contribution in [3.05, 3.63) is 47.5 Å². The highest BCUT2D eigenvalue weighted by Crippen LogP contribution is 2.37. The molecule has 0 radical (unpaired) electrons. The Balaban J connectivity index is 1.58. The molecule has 1 aliphatic carbocycles. The van der Waals surface area contributed by atoms with E-state index in [1.807, 2.05) is 0 Å². The summed E-state index contributed by atoms with van der Waals surface area (Å²) in [5.74, 6) is -0.462. The van der Waals surface area contributed by atoms with Crippen LogP contribution in [0.3, 0.4) is 0 Å². The second-order valence-electron chi connectivity index (χ2n) is 5.76. The molecule has 0 bridgehead atoms. The minimum absolute atomic E-state index is 0.123. The Morgan fingerprint density at radius 3 is 2.75 bits per heavy atom. The van der Waals surface area contributed by atoms with Crippen molar-refractivity contribution < 1.29 is 9.90 Å². The number of hydrogen-bond donors (Lipinski definition) is 2. The Morgan fingerprint density at radius 1 is 1.25 bits per heavy atom. The minimum atomic E-state index is -0.655. The number of rotatable bonds is 5. The highest BCUT2D eigenvalue weighted by atomic mass is 16.4. The molecule has 1 saturated carbocycles. The fraction of sp³-hybridized carbons (Fsp3) is 0.353. The molecule has 0 aliphatic heterocycles. The van der Waals surface area contributed by atoms with Crippen LogP contribution in [0.5, 0.6) is 0 Å². The van der Waals surface area contributed by atoms with Crippen LogP contribution in [0.15, 0.2) is 36.4 Å². The summed E-state index contributed by atoms with van der Waals surface area (Å²) in [4.78, 5) is 10.8. The van der Waals surface area contributed by atoms with Crippen molar-refractivity contribution in [1.82, 2.24) is 5.32 Å². The van der Waals surface area contributed by atoms with Gasteiger partial charge in [-0.05, 0) is 48.2 Å². The quantitative estimate of drug-likeness (QED) is 0.877. The molecule has 2 aromatic carbocycles. The summed E-state index contributed by atoms with van der Waals surface area (Å²) in [6.45, 7) is 3.69. The van der Waals surface area contributed by atoms with E-state index in [0.29, 0.717) is 5.92 Å². The Labute approximate surface area is 118 Å². The first-order valence-electron chi connectivity index (χ1n) is 7.06. The molecule has 0 spiro atoms. The maximum absolute atomic E-state index is 10.8. The standard InChI is InChI=1S/C17H19NO2/c1-11-2-4-14-7-12(3-5-13(14)6-11)9-18-10-15-8-16(15)17(19)20/h2-7,15-16,18H,8-10H2,1H3,(H,19,20). The van der Waals surface area contributed by atoms with Gasteiger partial charge in [-0.2, -0.15) is 0 Å². The summed E-state index contributed by atoms with van der Waals surface area (Å²) in [6.07, 6.45) is 0.819. The fourth-order valence-electron chi connectivity index (χ4n) is 2.70. The first kappa shape index (κ1) is 13.1. The van der Waals surface area contributed by atoms with Crippen molar-refractivity contribution >= 4 is 16.7 Å². The zero-order valence-corrected chi connectivity index (χ0v) is 11.6. The second kappa shape index (κ2) is 5.25. The molecule has 0 aromatic heterocycles. The number of carboxylic acids is 1. The molecular formula is C17H19NO2. The highest BCUT2D eigenvalue weighted by Gasteiger charge is 2.42. The van der Waals surface area contributed by atoms with Crippen LogP contribution >= 0.6 is 0 Å².